The first-order valence-electron chi connectivity index (χ1n) is 9.76. The Morgan fingerprint density at radius 3 is 2.25 bits per heavy atom. The maximum absolute atomic E-state index is 13.1. The van der Waals surface area contributed by atoms with Crippen LogP contribution in [0.1, 0.15) is 29.7 Å². The van der Waals surface area contributed by atoms with Gasteiger partial charge < -0.3 is 4.74 Å². The minimum Gasteiger partial charge on any atom is -0.381 e. The molecule has 0 atom stereocenters. The van der Waals surface area contributed by atoms with E-state index in [2.05, 4.69) is 10.2 Å². The predicted molar refractivity (Wildman–Crippen MR) is 101 cm³/mol. The summed E-state index contributed by atoms with van der Waals surface area (Å²) < 4.78 is 83.8. The van der Waals surface area contributed by atoms with Gasteiger partial charge in [-0.3, -0.25) is 15.0 Å². The molecule has 2 aromatic heterocycles. The highest BCUT2D eigenvalue weighted by molar-refractivity contribution is 5.63. The fourth-order valence-electron chi connectivity index (χ4n) is 3.70. The summed E-state index contributed by atoms with van der Waals surface area (Å²) in [5.41, 5.74) is -1.76. The molecule has 3 aromatic rings. The average molecular weight is 460 g/mol. The molecule has 6 nitrogen and oxygen atoms in total. The van der Waals surface area contributed by atoms with Crippen LogP contribution < -0.4 is 5.56 Å². The van der Waals surface area contributed by atoms with Crippen molar-refractivity contribution >= 4 is 0 Å². The van der Waals surface area contributed by atoms with Crippen molar-refractivity contribution in [2.24, 2.45) is 5.92 Å². The molecular formula is C20H18F6N4O2. The molecule has 1 fully saturated rings. The summed E-state index contributed by atoms with van der Waals surface area (Å²) in [6.07, 6.45) is -7.51. The van der Waals surface area contributed by atoms with E-state index in [0.29, 0.717) is 44.1 Å². The summed E-state index contributed by atoms with van der Waals surface area (Å²) in [5, 5.41) is 8.16. The number of benzene rings is 1. The first kappa shape index (κ1) is 22.2. The normalized spacial score (nSPS) is 15.9. The van der Waals surface area contributed by atoms with Crippen LogP contribution >= 0.6 is 0 Å². The molecule has 0 radical (unpaired) electrons. The second kappa shape index (κ2) is 8.15. The van der Waals surface area contributed by atoms with Crippen molar-refractivity contribution in [3.63, 3.8) is 0 Å². The molecule has 1 aromatic carbocycles. The second-order valence-corrected chi connectivity index (χ2v) is 7.58. The van der Waals surface area contributed by atoms with Crippen LogP contribution in [0, 0.1) is 5.92 Å². The monoisotopic (exact) mass is 460 g/mol. The summed E-state index contributed by atoms with van der Waals surface area (Å²) in [7, 11) is 0. The van der Waals surface area contributed by atoms with Crippen LogP contribution in [0.5, 0.6) is 0 Å². The number of aromatic nitrogens is 4. The molecule has 0 unspecified atom stereocenters. The Morgan fingerprint density at radius 1 is 1.03 bits per heavy atom. The van der Waals surface area contributed by atoms with Crippen molar-refractivity contribution in [3.8, 4) is 17.1 Å². The molecule has 0 aliphatic carbocycles. The number of alkyl halides is 6. The number of nitrogens with zero attached hydrogens (tertiary/aromatic N) is 2. The largest absolute Gasteiger partial charge is 0.432 e. The number of hydrogen-bond donors (Lipinski definition) is 2. The molecule has 32 heavy (non-hydrogen) atoms. The van der Waals surface area contributed by atoms with Gasteiger partial charge in [-0.05, 0) is 42.9 Å². The van der Waals surface area contributed by atoms with Gasteiger partial charge in [-0.15, -0.1) is 0 Å². The van der Waals surface area contributed by atoms with E-state index < -0.39 is 29.2 Å². The Bertz CT molecular complexity index is 1130. The Hall–Kier alpha value is -3.02. The molecule has 0 amide bonds. The molecule has 1 aliphatic heterocycles. The lowest BCUT2D eigenvalue weighted by Crippen LogP contribution is -2.23. The first-order chi connectivity index (χ1) is 15.0. The van der Waals surface area contributed by atoms with Crippen molar-refractivity contribution in [1.29, 1.82) is 0 Å². The lowest BCUT2D eigenvalue weighted by Gasteiger charge is -2.21. The van der Waals surface area contributed by atoms with E-state index in [1.807, 2.05) is 5.10 Å². The van der Waals surface area contributed by atoms with Crippen LogP contribution in [0.15, 0.2) is 35.1 Å². The van der Waals surface area contributed by atoms with E-state index >= 15 is 0 Å². The van der Waals surface area contributed by atoms with Crippen molar-refractivity contribution < 1.29 is 31.1 Å². The van der Waals surface area contributed by atoms with Gasteiger partial charge in [0.1, 0.15) is 5.69 Å². The minimum absolute atomic E-state index is 0.0961. The van der Waals surface area contributed by atoms with Gasteiger partial charge in [-0.25, -0.2) is 0 Å². The summed E-state index contributed by atoms with van der Waals surface area (Å²) in [5.74, 6) is -0.201. The molecule has 3 heterocycles. The van der Waals surface area contributed by atoms with Crippen molar-refractivity contribution in [2.75, 3.05) is 13.2 Å². The highest BCUT2D eigenvalue weighted by Gasteiger charge is 2.34. The van der Waals surface area contributed by atoms with Crippen molar-refractivity contribution in [1.82, 2.24) is 20.0 Å². The third-order valence-electron chi connectivity index (χ3n) is 5.42. The van der Waals surface area contributed by atoms with Crippen LogP contribution in [0.3, 0.4) is 0 Å². The Labute approximate surface area is 177 Å². The molecule has 2 N–H and O–H groups in total. The van der Waals surface area contributed by atoms with E-state index in [0.717, 1.165) is 16.8 Å². The molecular weight excluding hydrogens is 442 g/mol. The van der Waals surface area contributed by atoms with E-state index in [4.69, 9.17) is 4.74 Å². The van der Waals surface area contributed by atoms with Crippen LogP contribution in [-0.4, -0.2) is 33.2 Å². The summed E-state index contributed by atoms with van der Waals surface area (Å²) in [6.45, 7) is 1.04. The Balaban J connectivity index is 1.78. The fraction of sp³-hybridized carbons (Fsp3) is 0.400. The van der Waals surface area contributed by atoms with E-state index in [1.165, 1.54) is 12.1 Å². The highest BCUT2D eigenvalue weighted by Crippen LogP contribution is 2.32. The Kier molecular flexibility index (Phi) is 5.65. The topological polar surface area (TPSA) is 75.7 Å². The SMILES string of the molecule is O=c1c(CC2CCOCC2)c(-c2ccc(C(F)(F)F)cc2)[nH]n1-c1cc(C(F)(F)F)[nH]n1. The van der Waals surface area contributed by atoms with Gasteiger partial charge >= 0.3 is 12.4 Å². The lowest BCUT2D eigenvalue weighted by molar-refractivity contribution is -0.141. The van der Waals surface area contributed by atoms with Crippen LogP contribution in [0.4, 0.5) is 26.3 Å². The van der Waals surface area contributed by atoms with Gasteiger partial charge in [0.2, 0.25) is 0 Å². The average Bonchev–Trinajstić information content (AvgIpc) is 3.34. The summed E-state index contributed by atoms with van der Waals surface area (Å²) in [6, 6.07) is 4.90. The second-order valence-electron chi connectivity index (χ2n) is 7.58. The van der Waals surface area contributed by atoms with Crippen LogP contribution in [0.25, 0.3) is 17.1 Å². The van der Waals surface area contributed by atoms with Gasteiger partial charge in [0.15, 0.2) is 5.82 Å². The molecule has 1 saturated heterocycles. The quantitative estimate of drug-likeness (QED) is 0.561. The zero-order valence-corrected chi connectivity index (χ0v) is 16.5. The van der Waals surface area contributed by atoms with Crippen LogP contribution in [0.2, 0.25) is 0 Å². The van der Waals surface area contributed by atoms with Crippen molar-refractivity contribution in [2.45, 2.75) is 31.6 Å². The number of halogens is 6. The zero-order valence-electron chi connectivity index (χ0n) is 16.5. The third kappa shape index (κ3) is 4.45. The molecule has 1 aliphatic rings. The molecule has 0 saturated carbocycles. The van der Waals surface area contributed by atoms with Gasteiger partial charge in [0.05, 0.1) is 11.3 Å². The number of nitrogens with one attached hydrogen (secondary N) is 2. The third-order valence-corrected chi connectivity index (χ3v) is 5.42. The fourth-order valence-corrected chi connectivity index (χ4v) is 3.70. The number of hydrogen-bond acceptors (Lipinski definition) is 3. The molecule has 0 spiro atoms. The van der Waals surface area contributed by atoms with Gasteiger partial charge in [0.25, 0.3) is 5.56 Å². The van der Waals surface area contributed by atoms with Gasteiger partial charge in [0, 0.05) is 24.8 Å². The standard InChI is InChI=1S/C20H18F6N4O2/c21-19(22,23)13-3-1-12(2-4-13)17-14(9-11-5-7-32-8-6-11)18(31)30(29-17)16-10-15(27-28-16)20(24,25)26/h1-4,10-11,29H,5-9H2,(H,27,28). The molecule has 4 rings (SSSR count). The van der Waals surface area contributed by atoms with Gasteiger partial charge in [-0.2, -0.15) is 36.1 Å². The maximum atomic E-state index is 13.1. The van der Waals surface area contributed by atoms with E-state index in [1.54, 1.807) is 0 Å². The smallest absolute Gasteiger partial charge is 0.381 e. The number of aromatic amines is 2. The van der Waals surface area contributed by atoms with Crippen LogP contribution in [-0.2, 0) is 23.5 Å². The number of H-pyrrole nitrogens is 2. The molecule has 172 valence electrons. The highest BCUT2D eigenvalue weighted by atomic mass is 19.4. The predicted octanol–water partition coefficient (Wildman–Crippen LogP) is 4.56. The maximum Gasteiger partial charge on any atom is 0.432 e. The van der Waals surface area contributed by atoms with Gasteiger partial charge in [-0.1, -0.05) is 12.1 Å². The molecule has 12 heteroatoms. The number of rotatable bonds is 4. The van der Waals surface area contributed by atoms with E-state index in [9.17, 15) is 31.1 Å². The summed E-state index contributed by atoms with van der Waals surface area (Å²) in [4.78, 5) is 13.1. The lowest BCUT2D eigenvalue weighted by atomic mass is 9.91. The first-order valence-corrected chi connectivity index (χ1v) is 9.76. The van der Waals surface area contributed by atoms with E-state index in [-0.39, 0.29) is 23.0 Å². The van der Waals surface area contributed by atoms with Crippen molar-refractivity contribution in [3.05, 3.63) is 57.5 Å². The summed E-state index contributed by atoms with van der Waals surface area (Å²) >= 11 is 0. The molecule has 0 bridgehead atoms. The minimum atomic E-state index is -4.68. The number of ether oxygens (including phenoxy) is 1. The zero-order chi connectivity index (χ0) is 23.1. The Morgan fingerprint density at radius 2 is 1.69 bits per heavy atom.